The lowest BCUT2D eigenvalue weighted by atomic mass is 9.99. The first-order valence-corrected chi connectivity index (χ1v) is 10.8. The molecule has 0 N–H and O–H groups in total. The largest absolute Gasteiger partial charge is 0.490 e. The third kappa shape index (κ3) is 6.10. The van der Waals surface area contributed by atoms with Crippen molar-refractivity contribution in [2.45, 2.75) is 26.2 Å². The standard InChI is InChI=1S/C25H25BrO4/c1-3-18(2)20-11-14-24(23(26)17-20)30-25(27)19-9-12-22(13-10-19)29-16-15-28-21-7-5-4-6-8-21/h4-14,17-18H,3,15-16H2,1-2H3. The molecule has 5 heteroatoms. The van der Waals surface area contributed by atoms with E-state index >= 15 is 0 Å². The Balaban J connectivity index is 1.51. The van der Waals surface area contributed by atoms with Gasteiger partial charge in [0.05, 0.1) is 10.0 Å². The Morgan fingerprint density at radius 1 is 0.900 bits per heavy atom. The predicted octanol–water partition coefficient (Wildman–Crippen LogP) is 6.64. The minimum Gasteiger partial charge on any atom is -0.490 e. The van der Waals surface area contributed by atoms with Crippen molar-refractivity contribution in [2.75, 3.05) is 13.2 Å². The van der Waals surface area contributed by atoms with Crippen LogP contribution in [0.25, 0.3) is 0 Å². The van der Waals surface area contributed by atoms with Gasteiger partial charge in [0.15, 0.2) is 0 Å². The van der Waals surface area contributed by atoms with Gasteiger partial charge in [0.25, 0.3) is 0 Å². The first-order chi connectivity index (χ1) is 14.6. The van der Waals surface area contributed by atoms with E-state index in [-0.39, 0.29) is 0 Å². The van der Waals surface area contributed by atoms with Gasteiger partial charge in [-0.1, -0.05) is 38.1 Å². The highest BCUT2D eigenvalue weighted by molar-refractivity contribution is 9.10. The number of halogens is 1. The van der Waals surface area contributed by atoms with Gasteiger partial charge in [-0.15, -0.1) is 0 Å². The second-order valence-electron chi connectivity index (χ2n) is 6.92. The number of ether oxygens (including phenoxy) is 3. The molecule has 0 amide bonds. The number of para-hydroxylation sites is 1. The van der Waals surface area contributed by atoms with Crippen molar-refractivity contribution in [3.8, 4) is 17.2 Å². The molecule has 3 aromatic rings. The van der Waals surface area contributed by atoms with Gasteiger partial charge >= 0.3 is 5.97 Å². The first-order valence-electron chi connectivity index (χ1n) is 9.99. The average Bonchev–Trinajstić information content (AvgIpc) is 2.78. The number of hydrogen-bond acceptors (Lipinski definition) is 4. The van der Waals surface area contributed by atoms with Crippen molar-refractivity contribution >= 4 is 21.9 Å². The van der Waals surface area contributed by atoms with Crippen LogP contribution in [0.15, 0.2) is 77.3 Å². The summed E-state index contributed by atoms with van der Waals surface area (Å²) < 4.78 is 17.6. The maximum absolute atomic E-state index is 12.5. The van der Waals surface area contributed by atoms with Crippen molar-refractivity contribution in [2.24, 2.45) is 0 Å². The lowest BCUT2D eigenvalue weighted by Gasteiger charge is -2.12. The average molecular weight is 469 g/mol. The molecular weight excluding hydrogens is 444 g/mol. The molecule has 0 aliphatic carbocycles. The second-order valence-corrected chi connectivity index (χ2v) is 7.78. The Bertz CT molecular complexity index is 955. The van der Waals surface area contributed by atoms with E-state index in [2.05, 4.69) is 29.8 Å². The Hall–Kier alpha value is -2.79. The lowest BCUT2D eigenvalue weighted by Crippen LogP contribution is -2.10. The van der Waals surface area contributed by atoms with Crippen LogP contribution in [0.3, 0.4) is 0 Å². The van der Waals surface area contributed by atoms with Gasteiger partial charge in [-0.25, -0.2) is 4.79 Å². The Kier molecular flexibility index (Phi) is 7.91. The Morgan fingerprint density at radius 3 is 2.13 bits per heavy atom. The molecule has 156 valence electrons. The maximum atomic E-state index is 12.5. The first kappa shape index (κ1) is 21.9. The highest BCUT2D eigenvalue weighted by Gasteiger charge is 2.13. The summed E-state index contributed by atoms with van der Waals surface area (Å²) in [6.45, 7) is 5.17. The van der Waals surface area contributed by atoms with Crippen LogP contribution >= 0.6 is 15.9 Å². The normalized spacial score (nSPS) is 11.6. The zero-order chi connectivity index (χ0) is 21.3. The Labute approximate surface area is 185 Å². The molecule has 4 nitrogen and oxygen atoms in total. The maximum Gasteiger partial charge on any atom is 0.343 e. The van der Waals surface area contributed by atoms with E-state index in [4.69, 9.17) is 14.2 Å². The van der Waals surface area contributed by atoms with Gasteiger partial charge in [0.1, 0.15) is 30.5 Å². The smallest absolute Gasteiger partial charge is 0.343 e. The quantitative estimate of drug-likeness (QED) is 0.200. The Morgan fingerprint density at radius 2 is 1.53 bits per heavy atom. The molecule has 3 rings (SSSR count). The van der Waals surface area contributed by atoms with E-state index in [9.17, 15) is 4.79 Å². The fourth-order valence-electron chi connectivity index (χ4n) is 2.82. The van der Waals surface area contributed by atoms with E-state index in [1.165, 1.54) is 5.56 Å². The van der Waals surface area contributed by atoms with Crippen LogP contribution in [-0.2, 0) is 0 Å². The number of carbonyl (C=O) groups is 1. The van der Waals surface area contributed by atoms with Crippen molar-refractivity contribution in [1.29, 1.82) is 0 Å². The molecule has 0 radical (unpaired) electrons. The summed E-state index contributed by atoms with van der Waals surface area (Å²) in [5.74, 6) is 2.03. The molecule has 0 aliphatic rings. The summed E-state index contributed by atoms with van der Waals surface area (Å²) >= 11 is 3.50. The van der Waals surface area contributed by atoms with Gasteiger partial charge < -0.3 is 14.2 Å². The van der Waals surface area contributed by atoms with Gasteiger partial charge in [0.2, 0.25) is 0 Å². The van der Waals surface area contributed by atoms with Gasteiger partial charge in [0, 0.05) is 0 Å². The molecule has 1 unspecified atom stereocenters. The summed E-state index contributed by atoms with van der Waals surface area (Å²) in [6, 6.07) is 22.3. The topological polar surface area (TPSA) is 44.8 Å². The third-order valence-electron chi connectivity index (χ3n) is 4.79. The summed E-state index contributed by atoms with van der Waals surface area (Å²) in [6.07, 6.45) is 1.05. The SMILES string of the molecule is CCC(C)c1ccc(OC(=O)c2ccc(OCCOc3ccccc3)cc2)c(Br)c1. The highest BCUT2D eigenvalue weighted by Crippen LogP contribution is 2.30. The van der Waals surface area contributed by atoms with Crippen LogP contribution in [0.5, 0.6) is 17.2 Å². The molecule has 0 saturated heterocycles. The zero-order valence-electron chi connectivity index (χ0n) is 17.1. The molecular formula is C25H25BrO4. The molecule has 0 bridgehead atoms. The predicted molar refractivity (Wildman–Crippen MR) is 122 cm³/mol. The fourth-order valence-corrected chi connectivity index (χ4v) is 3.30. The van der Waals surface area contributed by atoms with Gasteiger partial charge in [-0.05, 0) is 82.4 Å². The molecule has 3 aromatic carbocycles. The van der Waals surface area contributed by atoms with Crippen molar-refractivity contribution < 1.29 is 19.0 Å². The highest BCUT2D eigenvalue weighted by atomic mass is 79.9. The van der Waals surface area contributed by atoms with Crippen LogP contribution < -0.4 is 14.2 Å². The van der Waals surface area contributed by atoms with Crippen molar-refractivity contribution in [3.05, 3.63) is 88.4 Å². The van der Waals surface area contributed by atoms with E-state index < -0.39 is 5.97 Å². The van der Waals surface area contributed by atoms with E-state index in [1.54, 1.807) is 24.3 Å². The van der Waals surface area contributed by atoms with Crippen LogP contribution in [0, 0.1) is 0 Å². The molecule has 1 atom stereocenters. The zero-order valence-corrected chi connectivity index (χ0v) is 18.7. The molecule has 0 aliphatic heterocycles. The van der Waals surface area contributed by atoms with Gasteiger partial charge in [-0.3, -0.25) is 0 Å². The van der Waals surface area contributed by atoms with Crippen molar-refractivity contribution in [1.82, 2.24) is 0 Å². The van der Waals surface area contributed by atoms with Crippen LogP contribution in [0.2, 0.25) is 0 Å². The van der Waals surface area contributed by atoms with Crippen LogP contribution in [-0.4, -0.2) is 19.2 Å². The third-order valence-corrected chi connectivity index (χ3v) is 5.41. The summed E-state index contributed by atoms with van der Waals surface area (Å²) in [5, 5.41) is 0. The fraction of sp³-hybridized carbons (Fsp3) is 0.240. The van der Waals surface area contributed by atoms with Crippen LogP contribution in [0.1, 0.15) is 42.1 Å². The number of carbonyl (C=O) groups excluding carboxylic acids is 1. The van der Waals surface area contributed by atoms with Gasteiger partial charge in [-0.2, -0.15) is 0 Å². The number of hydrogen-bond donors (Lipinski definition) is 0. The molecule has 0 saturated carbocycles. The van der Waals surface area contributed by atoms with E-state index in [1.807, 2.05) is 48.5 Å². The summed E-state index contributed by atoms with van der Waals surface area (Å²) in [4.78, 5) is 12.5. The molecule has 0 spiro atoms. The summed E-state index contributed by atoms with van der Waals surface area (Å²) in [5.41, 5.74) is 1.67. The van der Waals surface area contributed by atoms with Crippen molar-refractivity contribution in [3.63, 3.8) is 0 Å². The second kappa shape index (κ2) is 10.8. The van der Waals surface area contributed by atoms with Crippen LogP contribution in [0.4, 0.5) is 0 Å². The molecule has 0 fully saturated rings. The van der Waals surface area contributed by atoms with E-state index in [0.29, 0.717) is 36.2 Å². The van der Waals surface area contributed by atoms with E-state index in [0.717, 1.165) is 16.6 Å². The minimum absolute atomic E-state index is 0.411. The molecule has 0 aromatic heterocycles. The minimum atomic E-state index is -0.411. The number of benzene rings is 3. The molecule has 30 heavy (non-hydrogen) atoms. The number of rotatable bonds is 9. The lowest BCUT2D eigenvalue weighted by molar-refractivity contribution is 0.0733. The molecule has 0 heterocycles. The monoisotopic (exact) mass is 468 g/mol. The number of esters is 1. The summed E-state index contributed by atoms with van der Waals surface area (Å²) in [7, 11) is 0.